The SMILES string of the molecule is CN1C(=O)CCc2cc(C(=O)NCCCCCC3CCNCC3)ccc21. The second-order valence-electron chi connectivity index (χ2n) is 7.59. The summed E-state index contributed by atoms with van der Waals surface area (Å²) in [6.45, 7) is 3.08. The van der Waals surface area contributed by atoms with Crippen LogP contribution in [0.3, 0.4) is 0 Å². The first-order chi connectivity index (χ1) is 12.6. The van der Waals surface area contributed by atoms with Crippen molar-refractivity contribution in [2.45, 2.75) is 51.4 Å². The summed E-state index contributed by atoms with van der Waals surface area (Å²) in [6, 6.07) is 5.64. The Bertz CT molecular complexity index is 638. The Balaban J connectivity index is 1.38. The van der Waals surface area contributed by atoms with Crippen LogP contribution in [0.1, 0.15) is 60.9 Å². The largest absolute Gasteiger partial charge is 0.352 e. The number of aryl methyl sites for hydroxylation is 1. The zero-order chi connectivity index (χ0) is 18.4. The van der Waals surface area contributed by atoms with Crippen molar-refractivity contribution >= 4 is 17.5 Å². The third-order valence-corrected chi connectivity index (χ3v) is 5.72. The maximum atomic E-state index is 12.4. The van der Waals surface area contributed by atoms with Crippen LogP contribution in [-0.2, 0) is 11.2 Å². The normalized spacial score (nSPS) is 17.9. The molecule has 1 fully saturated rings. The Morgan fingerprint density at radius 2 is 2.00 bits per heavy atom. The zero-order valence-electron chi connectivity index (χ0n) is 15.9. The highest BCUT2D eigenvalue weighted by Gasteiger charge is 2.21. The number of unbranched alkanes of at least 4 members (excludes halogenated alkanes) is 2. The molecule has 0 spiro atoms. The van der Waals surface area contributed by atoms with Gasteiger partial charge in [-0.05, 0) is 68.5 Å². The molecule has 142 valence electrons. The number of nitrogens with one attached hydrogen (secondary N) is 2. The van der Waals surface area contributed by atoms with Gasteiger partial charge in [-0.2, -0.15) is 0 Å². The quantitative estimate of drug-likeness (QED) is 0.738. The van der Waals surface area contributed by atoms with E-state index >= 15 is 0 Å². The molecule has 2 aliphatic heterocycles. The Labute approximate surface area is 156 Å². The molecule has 3 rings (SSSR count). The molecule has 5 heteroatoms. The lowest BCUT2D eigenvalue weighted by Crippen LogP contribution is -2.31. The van der Waals surface area contributed by atoms with Crippen LogP contribution < -0.4 is 15.5 Å². The number of hydrogen-bond donors (Lipinski definition) is 2. The lowest BCUT2D eigenvalue weighted by molar-refractivity contribution is -0.118. The molecule has 0 unspecified atom stereocenters. The summed E-state index contributed by atoms with van der Waals surface area (Å²) in [4.78, 5) is 25.8. The van der Waals surface area contributed by atoms with Gasteiger partial charge in [0.2, 0.25) is 5.91 Å². The number of amides is 2. The minimum absolute atomic E-state index is 0.00860. The molecule has 0 radical (unpaired) electrons. The topological polar surface area (TPSA) is 61.4 Å². The fourth-order valence-corrected chi connectivity index (χ4v) is 4.01. The number of hydrogen-bond acceptors (Lipinski definition) is 3. The fraction of sp³-hybridized carbons (Fsp3) is 0.619. The Morgan fingerprint density at radius 1 is 1.19 bits per heavy atom. The smallest absolute Gasteiger partial charge is 0.251 e. The number of carbonyl (C=O) groups excluding carboxylic acids is 2. The Hall–Kier alpha value is -1.88. The maximum absolute atomic E-state index is 12.4. The lowest BCUT2D eigenvalue weighted by atomic mass is 9.92. The van der Waals surface area contributed by atoms with Gasteiger partial charge in [0, 0.05) is 31.3 Å². The molecule has 1 aromatic carbocycles. The van der Waals surface area contributed by atoms with Crippen molar-refractivity contribution in [3.63, 3.8) is 0 Å². The van der Waals surface area contributed by atoms with E-state index in [1.807, 2.05) is 18.2 Å². The molecule has 0 aromatic heterocycles. The van der Waals surface area contributed by atoms with Gasteiger partial charge in [0.1, 0.15) is 0 Å². The summed E-state index contributed by atoms with van der Waals surface area (Å²) >= 11 is 0. The van der Waals surface area contributed by atoms with E-state index in [1.165, 1.54) is 45.2 Å². The van der Waals surface area contributed by atoms with Gasteiger partial charge < -0.3 is 15.5 Å². The third kappa shape index (κ3) is 4.85. The van der Waals surface area contributed by atoms with Gasteiger partial charge >= 0.3 is 0 Å². The lowest BCUT2D eigenvalue weighted by Gasteiger charge is -2.26. The van der Waals surface area contributed by atoms with Gasteiger partial charge in [-0.3, -0.25) is 9.59 Å². The van der Waals surface area contributed by atoms with Crippen molar-refractivity contribution in [3.05, 3.63) is 29.3 Å². The first-order valence-electron chi connectivity index (χ1n) is 10.0. The van der Waals surface area contributed by atoms with E-state index in [0.717, 1.165) is 36.6 Å². The molecule has 2 heterocycles. The molecule has 5 nitrogen and oxygen atoms in total. The standard InChI is InChI=1S/C21H31N3O2/c1-24-19-8-6-18(15-17(19)7-9-20(24)25)21(26)23-12-4-2-3-5-16-10-13-22-14-11-16/h6,8,15-16,22H,2-5,7,9-14H2,1H3,(H,23,26). The average Bonchev–Trinajstić information content (AvgIpc) is 2.68. The van der Waals surface area contributed by atoms with Gasteiger partial charge in [-0.1, -0.05) is 19.3 Å². The van der Waals surface area contributed by atoms with Crippen LogP contribution in [0.15, 0.2) is 18.2 Å². The van der Waals surface area contributed by atoms with E-state index in [0.29, 0.717) is 12.0 Å². The summed E-state index contributed by atoms with van der Waals surface area (Å²) in [7, 11) is 1.80. The number of piperidine rings is 1. The molecule has 26 heavy (non-hydrogen) atoms. The van der Waals surface area contributed by atoms with E-state index in [4.69, 9.17) is 0 Å². The number of nitrogens with zero attached hydrogens (tertiary/aromatic N) is 1. The third-order valence-electron chi connectivity index (χ3n) is 5.72. The summed E-state index contributed by atoms with van der Waals surface area (Å²) in [5.74, 6) is 1.02. The highest BCUT2D eigenvalue weighted by molar-refractivity contribution is 5.98. The molecule has 0 aliphatic carbocycles. The van der Waals surface area contributed by atoms with Crippen molar-refractivity contribution in [3.8, 4) is 0 Å². The van der Waals surface area contributed by atoms with Crippen LogP contribution >= 0.6 is 0 Å². The van der Waals surface area contributed by atoms with Crippen LogP contribution in [0.5, 0.6) is 0 Å². The number of carbonyl (C=O) groups is 2. The predicted octanol–water partition coefficient (Wildman–Crippen LogP) is 2.89. The number of benzene rings is 1. The monoisotopic (exact) mass is 357 g/mol. The van der Waals surface area contributed by atoms with E-state index in [9.17, 15) is 9.59 Å². The van der Waals surface area contributed by atoms with Crippen LogP contribution in [0.2, 0.25) is 0 Å². The van der Waals surface area contributed by atoms with Crippen molar-refractivity contribution < 1.29 is 9.59 Å². The summed E-state index contributed by atoms with van der Waals surface area (Å²) in [5, 5.41) is 6.44. The predicted molar refractivity (Wildman–Crippen MR) is 105 cm³/mol. The minimum Gasteiger partial charge on any atom is -0.352 e. The van der Waals surface area contributed by atoms with Gasteiger partial charge in [0.15, 0.2) is 0 Å². The fourth-order valence-electron chi connectivity index (χ4n) is 4.01. The minimum atomic E-state index is -0.00860. The molecule has 0 saturated carbocycles. The van der Waals surface area contributed by atoms with Crippen LogP contribution in [-0.4, -0.2) is 38.5 Å². The first-order valence-corrected chi connectivity index (χ1v) is 10.0. The second-order valence-corrected chi connectivity index (χ2v) is 7.59. The highest BCUT2D eigenvalue weighted by atomic mass is 16.2. The van der Waals surface area contributed by atoms with Crippen molar-refractivity contribution in [2.75, 3.05) is 31.6 Å². The summed E-state index contributed by atoms with van der Waals surface area (Å²) < 4.78 is 0. The van der Waals surface area contributed by atoms with Gasteiger partial charge in [-0.15, -0.1) is 0 Å². The summed E-state index contributed by atoms with van der Waals surface area (Å²) in [5.41, 5.74) is 2.71. The second kappa shape index (κ2) is 9.17. The molecule has 0 bridgehead atoms. The molecule has 1 saturated heterocycles. The van der Waals surface area contributed by atoms with Crippen LogP contribution in [0, 0.1) is 5.92 Å². The average molecular weight is 357 g/mol. The van der Waals surface area contributed by atoms with Gasteiger partial charge in [0.05, 0.1) is 0 Å². The molecule has 2 amide bonds. The molecule has 2 N–H and O–H groups in total. The summed E-state index contributed by atoms with van der Waals surface area (Å²) in [6.07, 6.45) is 8.68. The van der Waals surface area contributed by atoms with E-state index in [-0.39, 0.29) is 11.8 Å². The Kier molecular flexibility index (Phi) is 6.67. The molecule has 1 aromatic rings. The number of anilines is 1. The van der Waals surface area contributed by atoms with E-state index < -0.39 is 0 Å². The highest BCUT2D eigenvalue weighted by Crippen LogP contribution is 2.27. The van der Waals surface area contributed by atoms with Crippen LogP contribution in [0.4, 0.5) is 5.69 Å². The van der Waals surface area contributed by atoms with Crippen molar-refractivity contribution in [1.82, 2.24) is 10.6 Å². The molecule has 0 atom stereocenters. The first kappa shape index (κ1) is 18.9. The maximum Gasteiger partial charge on any atom is 0.251 e. The zero-order valence-corrected chi connectivity index (χ0v) is 15.9. The number of rotatable bonds is 7. The van der Waals surface area contributed by atoms with E-state index in [1.54, 1.807) is 11.9 Å². The van der Waals surface area contributed by atoms with Crippen molar-refractivity contribution in [1.29, 1.82) is 0 Å². The van der Waals surface area contributed by atoms with E-state index in [2.05, 4.69) is 10.6 Å². The molecular formula is C21H31N3O2. The van der Waals surface area contributed by atoms with Gasteiger partial charge in [-0.25, -0.2) is 0 Å². The Morgan fingerprint density at radius 3 is 2.81 bits per heavy atom. The molecular weight excluding hydrogens is 326 g/mol. The van der Waals surface area contributed by atoms with Crippen LogP contribution in [0.25, 0.3) is 0 Å². The molecule has 2 aliphatic rings. The number of fused-ring (bicyclic) bond motifs is 1. The van der Waals surface area contributed by atoms with Gasteiger partial charge in [0.25, 0.3) is 5.91 Å². The van der Waals surface area contributed by atoms with Crippen molar-refractivity contribution in [2.24, 2.45) is 5.92 Å².